The van der Waals surface area contributed by atoms with E-state index in [0.717, 1.165) is 11.7 Å². The molecule has 1 aromatic carbocycles. The van der Waals surface area contributed by atoms with Crippen molar-refractivity contribution in [3.63, 3.8) is 0 Å². The van der Waals surface area contributed by atoms with E-state index < -0.39 is 27.9 Å². The average Bonchev–Trinajstić information content (AvgIpc) is 3.48. The molecule has 3 heterocycles. The third-order valence-corrected chi connectivity index (χ3v) is 8.04. The number of nitrogens with zero attached hydrogens (tertiary/aromatic N) is 4. The van der Waals surface area contributed by atoms with Crippen LogP contribution in [0.5, 0.6) is 0 Å². The molecule has 0 spiro atoms. The normalized spacial score (nSPS) is 17.1. The van der Waals surface area contributed by atoms with Crippen molar-refractivity contribution in [3.8, 4) is 0 Å². The zero-order valence-corrected chi connectivity index (χ0v) is 18.9. The summed E-state index contributed by atoms with van der Waals surface area (Å²) in [6, 6.07) is 3.93. The summed E-state index contributed by atoms with van der Waals surface area (Å²) >= 11 is 2.11. The summed E-state index contributed by atoms with van der Waals surface area (Å²) < 4.78 is 40.9. The third-order valence-electron chi connectivity index (χ3n) is 4.75. The SMILES string of the molecule is CCOC(=O)Cc1csc(NC(=O)C2CCCN2S(=O)(=O)c2cccc3nsnc23)n1. The number of anilines is 1. The molecule has 0 aliphatic carbocycles. The molecule has 1 N–H and O–H groups in total. The van der Waals surface area contributed by atoms with Crippen molar-refractivity contribution in [3.05, 3.63) is 29.3 Å². The van der Waals surface area contributed by atoms with Crippen LogP contribution in [-0.4, -0.2) is 57.5 Å². The van der Waals surface area contributed by atoms with Crippen LogP contribution in [0.25, 0.3) is 11.0 Å². The summed E-state index contributed by atoms with van der Waals surface area (Å²) in [7, 11) is -3.94. The van der Waals surface area contributed by atoms with Crippen LogP contribution < -0.4 is 5.32 Å². The number of rotatable bonds is 7. The summed E-state index contributed by atoms with van der Waals surface area (Å²) in [6.07, 6.45) is 0.974. The van der Waals surface area contributed by atoms with E-state index >= 15 is 0 Å². The molecule has 13 heteroatoms. The first kappa shape index (κ1) is 21.7. The number of ether oxygens (including phenoxy) is 1. The molecule has 31 heavy (non-hydrogen) atoms. The molecule has 0 bridgehead atoms. The number of hydrogen-bond acceptors (Lipinski definition) is 10. The molecule has 164 valence electrons. The molecule has 0 radical (unpaired) electrons. The Morgan fingerprint density at radius 2 is 2.16 bits per heavy atom. The molecule has 3 aromatic rings. The molecule has 1 aliphatic rings. The number of thiazole rings is 1. The van der Waals surface area contributed by atoms with Crippen molar-refractivity contribution in [2.24, 2.45) is 0 Å². The number of fused-ring (bicyclic) bond motifs is 1. The number of aromatic nitrogens is 3. The van der Waals surface area contributed by atoms with Crippen LogP contribution in [0.15, 0.2) is 28.5 Å². The lowest BCUT2D eigenvalue weighted by atomic mass is 10.2. The Morgan fingerprint density at radius 1 is 1.32 bits per heavy atom. The summed E-state index contributed by atoms with van der Waals surface area (Å²) in [5.41, 5.74) is 1.29. The molecule has 2 aromatic heterocycles. The second kappa shape index (κ2) is 8.94. The molecule has 10 nitrogen and oxygen atoms in total. The average molecular weight is 482 g/mol. The van der Waals surface area contributed by atoms with Crippen LogP contribution in [0.3, 0.4) is 0 Å². The maximum Gasteiger partial charge on any atom is 0.311 e. The predicted octanol–water partition coefficient (Wildman–Crippen LogP) is 2.05. The van der Waals surface area contributed by atoms with Crippen LogP contribution in [0.2, 0.25) is 0 Å². The minimum atomic E-state index is -3.94. The van der Waals surface area contributed by atoms with E-state index in [1.807, 2.05) is 0 Å². The predicted molar refractivity (Wildman–Crippen MR) is 115 cm³/mol. The smallest absolute Gasteiger partial charge is 0.311 e. The fourth-order valence-corrected chi connectivity index (χ4v) is 6.52. The molecule has 1 saturated heterocycles. The first-order valence-corrected chi connectivity index (χ1v) is 12.6. The van der Waals surface area contributed by atoms with Gasteiger partial charge < -0.3 is 10.1 Å². The van der Waals surface area contributed by atoms with Crippen LogP contribution >= 0.6 is 23.1 Å². The Morgan fingerprint density at radius 3 is 2.97 bits per heavy atom. The second-order valence-corrected chi connectivity index (χ2v) is 10.0. The summed E-state index contributed by atoms with van der Waals surface area (Å²) in [6.45, 7) is 2.24. The van der Waals surface area contributed by atoms with Gasteiger partial charge in [0.1, 0.15) is 22.0 Å². The van der Waals surface area contributed by atoms with E-state index in [0.29, 0.717) is 34.7 Å². The molecule has 1 amide bonds. The van der Waals surface area contributed by atoms with Gasteiger partial charge in [0.05, 0.1) is 30.4 Å². The van der Waals surface area contributed by atoms with Gasteiger partial charge in [0.2, 0.25) is 15.9 Å². The monoisotopic (exact) mass is 481 g/mol. The number of sulfonamides is 1. The van der Waals surface area contributed by atoms with Gasteiger partial charge in [-0.1, -0.05) is 6.07 Å². The summed E-state index contributed by atoms with van der Waals surface area (Å²) in [4.78, 5) is 28.7. The van der Waals surface area contributed by atoms with Gasteiger partial charge in [0, 0.05) is 11.9 Å². The highest BCUT2D eigenvalue weighted by Crippen LogP contribution is 2.30. The largest absolute Gasteiger partial charge is 0.466 e. The Bertz CT molecular complexity index is 1220. The minimum Gasteiger partial charge on any atom is -0.466 e. The van der Waals surface area contributed by atoms with E-state index in [1.165, 1.54) is 21.7 Å². The van der Waals surface area contributed by atoms with Gasteiger partial charge in [-0.25, -0.2) is 13.4 Å². The van der Waals surface area contributed by atoms with Crippen molar-refractivity contribution >= 4 is 61.1 Å². The van der Waals surface area contributed by atoms with Crippen LogP contribution in [-0.2, 0) is 30.8 Å². The van der Waals surface area contributed by atoms with Crippen LogP contribution in [0.1, 0.15) is 25.5 Å². The topological polar surface area (TPSA) is 131 Å². The molecule has 1 fully saturated rings. The molecule has 0 saturated carbocycles. The summed E-state index contributed by atoms with van der Waals surface area (Å²) in [5, 5.41) is 4.64. The van der Waals surface area contributed by atoms with Gasteiger partial charge in [-0.05, 0) is 31.9 Å². The third kappa shape index (κ3) is 4.44. The lowest BCUT2D eigenvalue weighted by Crippen LogP contribution is -2.43. The number of carbonyl (C=O) groups excluding carboxylic acids is 2. The van der Waals surface area contributed by atoms with Crippen molar-refractivity contribution < 1.29 is 22.7 Å². The van der Waals surface area contributed by atoms with Gasteiger partial charge in [0.25, 0.3) is 0 Å². The second-order valence-electron chi connectivity index (χ2n) is 6.78. The van der Waals surface area contributed by atoms with Crippen LogP contribution in [0, 0.1) is 0 Å². The number of hydrogen-bond donors (Lipinski definition) is 1. The lowest BCUT2D eigenvalue weighted by molar-refractivity contribution is -0.142. The summed E-state index contributed by atoms with van der Waals surface area (Å²) in [5.74, 6) is -0.855. The Hall–Kier alpha value is -2.48. The van der Waals surface area contributed by atoms with Gasteiger partial charge in [-0.3, -0.25) is 9.59 Å². The number of nitrogens with one attached hydrogen (secondary N) is 1. The highest BCUT2D eigenvalue weighted by molar-refractivity contribution is 7.89. The van der Waals surface area contributed by atoms with E-state index in [-0.39, 0.29) is 24.5 Å². The lowest BCUT2D eigenvalue weighted by Gasteiger charge is -2.23. The first-order valence-electron chi connectivity index (χ1n) is 9.54. The van der Waals surface area contributed by atoms with E-state index in [4.69, 9.17) is 4.74 Å². The number of amides is 1. The molecular weight excluding hydrogens is 462 g/mol. The molecule has 1 unspecified atom stereocenters. The highest BCUT2D eigenvalue weighted by Gasteiger charge is 2.40. The zero-order chi connectivity index (χ0) is 22.0. The number of esters is 1. The zero-order valence-electron chi connectivity index (χ0n) is 16.5. The fraction of sp³-hybridized carbons (Fsp3) is 0.389. The molecule has 4 rings (SSSR count). The standard InChI is InChI=1S/C18H19N5O5S3/c1-2-28-15(24)9-11-10-29-18(19-11)20-17(25)13-6-4-8-23(13)31(26,27)14-7-3-5-12-16(14)22-30-21-12/h3,5,7,10,13H,2,4,6,8-9H2,1H3,(H,19,20,25). The molecule has 1 aliphatic heterocycles. The highest BCUT2D eigenvalue weighted by atomic mass is 32.2. The van der Waals surface area contributed by atoms with E-state index in [1.54, 1.807) is 24.4 Å². The Kier molecular flexibility index (Phi) is 6.27. The quantitative estimate of drug-likeness (QED) is 0.507. The van der Waals surface area contributed by atoms with Crippen molar-refractivity contribution in [1.82, 2.24) is 18.0 Å². The van der Waals surface area contributed by atoms with E-state index in [9.17, 15) is 18.0 Å². The van der Waals surface area contributed by atoms with E-state index in [2.05, 4.69) is 19.0 Å². The molecule has 1 atom stereocenters. The van der Waals surface area contributed by atoms with Crippen molar-refractivity contribution in [1.29, 1.82) is 0 Å². The van der Waals surface area contributed by atoms with Crippen molar-refractivity contribution in [2.45, 2.75) is 37.1 Å². The fourth-order valence-electron chi connectivity index (χ4n) is 3.40. The van der Waals surface area contributed by atoms with Crippen molar-refractivity contribution in [2.75, 3.05) is 18.5 Å². The Balaban J connectivity index is 1.51. The minimum absolute atomic E-state index is 0.00975. The van der Waals surface area contributed by atoms with Gasteiger partial charge in [-0.15, -0.1) is 11.3 Å². The van der Waals surface area contributed by atoms with Crippen LogP contribution in [0.4, 0.5) is 5.13 Å². The van der Waals surface area contributed by atoms with Gasteiger partial charge in [-0.2, -0.15) is 13.1 Å². The maximum absolute atomic E-state index is 13.3. The number of benzene rings is 1. The van der Waals surface area contributed by atoms with Gasteiger partial charge in [0.15, 0.2) is 5.13 Å². The first-order chi connectivity index (χ1) is 14.9. The molecular formula is C18H19N5O5S3. The number of carbonyl (C=O) groups is 2. The maximum atomic E-state index is 13.3. The van der Waals surface area contributed by atoms with Gasteiger partial charge >= 0.3 is 5.97 Å². The Labute approximate surface area is 186 Å².